The normalized spacial score (nSPS) is 25.0. The molecule has 0 saturated carbocycles. The maximum absolute atomic E-state index is 9.89. The van der Waals surface area contributed by atoms with Crippen LogP contribution < -0.4 is 0 Å². The lowest BCUT2D eigenvalue weighted by Gasteiger charge is -2.20. The molecule has 4 atom stereocenters. The Morgan fingerprint density at radius 3 is 2.28 bits per heavy atom. The van der Waals surface area contributed by atoms with Crippen molar-refractivity contribution in [1.82, 2.24) is 0 Å². The Hall–Kier alpha value is -0.460. The molecule has 25 heavy (non-hydrogen) atoms. The lowest BCUT2D eigenvalue weighted by Crippen LogP contribution is -2.40. The lowest BCUT2D eigenvalue weighted by atomic mass is 10.1. The van der Waals surface area contributed by atoms with E-state index in [0.29, 0.717) is 6.61 Å². The van der Waals surface area contributed by atoms with Gasteiger partial charge in [0.15, 0.2) is 0 Å². The summed E-state index contributed by atoms with van der Waals surface area (Å²) in [5.41, 5.74) is 0. The van der Waals surface area contributed by atoms with Gasteiger partial charge in [-0.15, -0.1) is 0 Å². The summed E-state index contributed by atoms with van der Waals surface area (Å²) in [7, 11) is 0. The van der Waals surface area contributed by atoms with Gasteiger partial charge in [0.25, 0.3) is 0 Å². The summed E-state index contributed by atoms with van der Waals surface area (Å²) in [5.74, 6) is 0. The first-order valence-corrected chi connectivity index (χ1v) is 10.0. The van der Waals surface area contributed by atoms with Gasteiger partial charge in [0.2, 0.25) is 0 Å². The fraction of sp³-hybridized carbons (Fsp3) is 0.900. The quantitative estimate of drug-likeness (QED) is 0.310. The summed E-state index contributed by atoms with van der Waals surface area (Å²) in [6.07, 6.45) is 13.4. The monoisotopic (exact) mass is 358 g/mol. The van der Waals surface area contributed by atoms with Gasteiger partial charge in [-0.05, 0) is 19.3 Å². The minimum Gasteiger partial charge on any atom is -0.388 e. The van der Waals surface area contributed by atoms with Crippen LogP contribution in [0.4, 0.5) is 0 Å². The zero-order valence-electron chi connectivity index (χ0n) is 15.8. The fourth-order valence-electron chi connectivity index (χ4n) is 3.05. The average Bonchev–Trinajstić information content (AvgIpc) is 2.94. The Morgan fingerprint density at radius 2 is 1.64 bits per heavy atom. The van der Waals surface area contributed by atoms with Crippen LogP contribution in [0.1, 0.15) is 71.1 Å². The second kappa shape index (κ2) is 14.7. The van der Waals surface area contributed by atoms with Gasteiger partial charge in [0.1, 0.15) is 24.4 Å². The van der Waals surface area contributed by atoms with E-state index in [1.54, 1.807) is 0 Å². The SMILES string of the molecule is CCCCCCCCCC/C=C/CCOC[C@H](O)[C@H]1OC[C@@H](O)[C@H]1O. The number of ether oxygens (including phenoxy) is 2. The molecule has 1 fully saturated rings. The summed E-state index contributed by atoms with van der Waals surface area (Å²) in [6, 6.07) is 0. The van der Waals surface area contributed by atoms with Crippen LogP contribution in [0.25, 0.3) is 0 Å². The Labute approximate surface area is 153 Å². The minimum absolute atomic E-state index is 0.0599. The topological polar surface area (TPSA) is 79.2 Å². The van der Waals surface area contributed by atoms with E-state index in [4.69, 9.17) is 9.47 Å². The fourth-order valence-corrected chi connectivity index (χ4v) is 3.05. The van der Waals surface area contributed by atoms with Gasteiger partial charge in [-0.25, -0.2) is 0 Å². The number of aliphatic hydroxyl groups is 3. The van der Waals surface area contributed by atoms with Gasteiger partial charge >= 0.3 is 0 Å². The number of rotatable bonds is 15. The van der Waals surface area contributed by atoms with E-state index in [9.17, 15) is 15.3 Å². The Kier molecular flexibility index (Phi) is 13.3. The van der Waals surface area contributed by atoms with Gasteiger partial charge in [0.05, 0.1) is 19.8 Å². The third-order valence-corrected chi connectivity index (χ3v) is 4.68. The van der Waals surface area contributed by atoms with E-state index in [0.717, 1.165) is 12.8 Å². The molecular formula is C20H38O5. The third kappa shape index (κ3) is 10.3. The summed E-state index contributed by atoms with van der Waals surface area (Å²) in [4.78, 5) is 0. The van der Waals surface area contributed by atoms with Crippen LogP contribution in [-0.2, 0) is 9.47 Å². The van der Waals surface area contributed by atoms with Crippen LogP contribution in [0.5, 0.6) is 0 Å². The molecule has 1 heterocycles. The molecular weight excluding hydrogens is 320 g/mol. The Bertz CT molecular complexity index is 334. The predicted molar refractivity (Wildman–Crippen MR) is 99.6 cm³/mol. The maximum atomic E-state index is 9.89. The van der Waals surface area contributed by atoms with Crippen LogP contribution >= 0.6 is 0 Å². The number of hydrogen-bond acceptors (Lipinski definition) is 5. The van der Waals surface area contributed by atoms with E-state index in [1.165, 1.54) is 51.4 Å². The first kappa shape index (κ1) is 22.6. The van der Waals surface area contributed by atoms with Crippen molar-refractivity contribution in [3.05, 3.63) is 12.2 Å². The van der Waals surface area contributed by atoms with Crippen molar-refractivity contribution in [2.75, 3.05) is 19.8 Å². The average molecular weight is 359 g/mol. The van der Waals surface area contributed by atoms with Gasteiger partial charge in [-0.3, -0.25) is 0 Å². The summed E-state index contributed by atoms with van der Waals surface area (Å²) >= 11 is 0. The molecule has 0 aromatic carbocycles. The highest BCUT2D eigenvalue weighted by atomic mass is 16.5. The number of allylic oxidation sites excluding steroid dienone is 1. The van der Waals surface area contributed by atoms with Crippen molar-refractivity contribution in [2.45, 2.75) is 95.5 Å². The Balaban J connectivity index is 1.87. The van der Waals surface area contributed by atoms with E-state index in [1.807, 2.05) is 0 Å². The second-order valence-corrected chi connectivity index (χ2v) is 7.02. The largest absolute Gasteiger partial charge is 0.388 e. The molecule has 0 bridgehead atoms. The van der Waals surface area contributed by atoms with Gasteiger partial charge in [-0.2, -0.15) is 0 Å². The van der Waals surface area contributed by atoms with E-state index >= 15 is 0 Å². The minimum atomic E-state index is -1.04. The summed E-state index contributed by atoms with van der Waals surface area (Å²) in [5, 5.41) is 28.9. The van der Waals surface area contributed by atoms with E-state index in [-0.39, 0.29) is 13.2 Å². The molecule has 1 aliphatic heterocycles. The van der Waals surface area contributed by atoms with Crippen molar-refractivity contribution in [3.63, 3.8) is 0 Å². The zero-order valence-corrected chi connectivity index (χ0v) is 15.8. The van der Waals surface area contributed by atoms with Crippen molar-refractivity contribution < 1.29 is 24.8 Å². The summed E-state index contributed by atoms with van der Waals surface area (Å²) in [6.45, 7) is 2.96. The maximum Gasteiger partial charge on any atom is 0.114 e. The zero-order chi connectivity index (χ0) is 18.3. The molecule has 0 radical (unpaired) electrons. The third-order valence-electron chi connectivity index (χ3n) is 4.68. The first-order chi connectivity index (χ1) is 12.2. The summed E-state index contributed by atoms with van der Waals surface area (Å²) < 4.78 is 10.6. The molecule has 5 nitrogen and oxygen atoms in total. The number of hydrogen-bond donors (Lipinski definition) is 3. The van der Waals surface area contributed by atoms with Crippen LogP contribution in [-0.4, -0.2) is 59.6 Å². The first-order valence-electron chi connectivity index (χ1n) is 10.0. The van der Waals surface area contributed by atoms with E-state index in [2.05, 4.69) is 19.1 Å². The molecule has 1 saturated heterocycles. The van der Waals surface area contributed by atoms with Gasteiger partial charge < -0.3 is 24.8 Å². The Morgan fingerprint density at radius 1 is 1.00 bits per heavy atom. The molecule has 0 aliphatic carbocycles. The highest BCUT2D eigenvalue weighted by Gasteiger charge is 2.39. The van der Waals surface area contributed by atoms with Crippen LogP contribution in [0.15, 0.2) is 12.2 Å². The molecule has 0 spiro atoms. The molecule has 1 aliphatic rings. The molecule has 5 heteroatoms. The smallest absolute Gasteiger partial charge is 0.114 e. The van der Waals surface area contributed by atoms with Crippen molar-refractivity contribution in [2.24, 2.45) is 0 Å². The highest BCUT2D eigenvalue weighted by molar-refractivity contribution is 4.88. The molecule has 0 unspecified atom stereocenters. The van der Waals surface area contributed by atoms with Gasteiger partial charge in [-0.1, -0.05) is 64.0 Å². The van der Waals surface area contributed by atoms with Gasteiger partial charge in [0, 0.05) is 0 Å². The van der Waals surface area contributed by atoms with Crippen molar-refractivity contribution >= 4 is 0 Å². The molecule has 148 valence electrons. The molecule has 3 N–H and O–H groups in total. The van der Waals surface area contributed by atoms with Crippen molar-refractivity contribution in [3.8, 4) is 0 Å². The van der Waals surface area contributed by atoms with E-state index < -0.39 is 24.4 Å². The van der Waals surface area contributed by atoms with Crippen LogP contribution in [0.3, 0.4) is 0 Å². The molecule has 0 aromatic heterocycles. The van der Waals surface area contributed by atoms with Crippen LogP contribution in [0.2, 0.25) is 0 Å². The molecule has 1 rings (SSSR count). The molecule has 0 aromatic rings. The second-order valence-electron chi connectivity index (χ2n) is 7.02. The molecule has 0 amide bonds. The standard InChI is InChI=1S/C20H38O5/c1-2-3-4-5-6-7-8-9-10-11-12-13-14-24-15-18(22)20-19(23)17(21)16-25-20/h11-12,17-23H,2-10,13-16H2,1H3/b12-11+/t17-,18+,19-,20-/m1/s1. The number of unbranched alkanes of at least 4 members (excludes halogenated alkanes) is 8. The van der Waals surface area contributed by atoms with Crippen molar-refractivity contribution in [1.29, 1.82) is 0 Å². The highest BCUT2D eigenvalue weighted by Crippen LogP contribution is 2.17. The number of aliphatic hydroxyl groups excluding tert-OH is 3. The predicted octanol–water partition coefficient (Wildman–Crippen LogP) is 2.96. The van der Waals surface area contributed by atoms with Crippen LogP contribution in [0, 0.1) is 0 Å². The lowest BCUT2D eigenvalue weighted by molar-refractivity contribution is -0.0806.